The molecule has 0 bridgehead atoms. The minimum Gasteiger partial charge on any atom is -0.351 e. The van der Waals surface area contributed by atoms with Gasteiger partial charge in [-0.2, -0.15) is 0 Å². The summed E-state index contributed by atoms with van der Waals surface area (Å²) in [5.74, 6) is -0.944. The molecule has 0 atom stereocenters. The van der Waals surface area contributed by atoms with Crippen molar-refractivity contribution in [2.45, 2.75) is 33.4 Å². The third-order valence-corrected chi connectivity index (χ3v) is 3.77. The van der Waals surface area contributed by atoms with Crippen LogP contribution in [0.3, 0.4) is 0 Å². The average Bonchev–Trinajstić information content (AvgIpc) is 2.28. The zero-order chi connectivity index (χ0) is 11.4. The summed E-state index contributed by atoms with van der Waals surface area (Å²) in [4.78, 5) is 21.8. The van der Waals surface area contributed by atoms with E-state index in [0.717, 1.165) is 0 Å². The summed E-state index contributed by atoms with van der Waals surface area (Å²) in [7, 11) is 0. The normalized spacial score (nSPS) is 25.2. The number of urea groups is 1. The van der Waals surface area contributed by atoms with Crippen molar-refractivity contribution in [3.05, 3.63) is 0 Å². The maximum atomic E-state index is 14.2. The summed E-state index contributed by atoms with van der Waals surface area (Å²) in [6.07, 6.45) is 0. The first-order chi connectivity index (χ1) is 6.09. The number of halogens is 1. The Hall–Kier alpha value is -1.13. The highest BCUT2D eigenvalue weighted by molar-refractivity contribution is 6.01. The molecular weight excluding hydrogens is 187 g/mol. The number of amides is 3. The van der Waals surface area contributed by atoms with E-state index in [1.807, 2.05) is 0 Å². The molecule has 0 aliphatic heterocycles. The number of hydrogen-bond donors (Lipinski definition) is 2. The molecule has 1 fully saturated rings. The van der Waals surface area contributed by atoms with E-state index in [4.69, 9.17) is 5.73 Å². The fourth-order valence-corrected chi connectivity index (χ4v) is 2.01. The first-order valence-electron chi connectivity index (χ1n) is 4.39. The van der Waals surface area contributed by atoms with Crippen LogP contribution in [0.4, 0.5) is 9.18 Å². The number of nitrogens with one attached hydrogen (secondary N) is 1. The summed E-state index contributed by atoms with van der Waals surface area (Å²) < 4.78 is 14.2. The van der Waals surface area contributed by atoms with Gasteiger partial charge < -0.3 is 5.73 Å². The van der Waals surface area contributed by atoms with Crippen molar-refractivity contribution in [2.24, 2.45) is 16.6 Å². The van der Waals surface area contributed by atoms with Crippen LogP contribution in [0.25, 0.3) is 0 Å². The molecule has 0 spiro atoms. The summed E-state index contributed by atoms with van der Waals surface area (Å²) in [5, 5.41) is 1.78. The summed E-state index contributed by atoms with van der Waals surface area (Å²) >= 11 is 0. The van der Waals surface area contributed by atoms with E-state index >= 15 is 0 Å². The van der Waals surface area contributed by atoms with Gasteiger partial charge in [0.25, 0.3) is 5.91 Å². The van der Waals surface area contributed by atoms with E-state index < -0.39 is 28.4 Å². The maximum Gasteiger partial charge on any atom is 0.318 e. The van der Waals surface area contributed by atoms with Gasteiger partial charge >= 0.3 is 6.03 Å². The van der Waals surface area contributed by atoms with Crippen molar-refractivity contribution >= 4 is 11.9 Å². The quantitative estimate of drug-likeness (QED) is 0.664. The minimum absolute atomic E-state index is 0.778. The van der Waals surface area contributed by atoms with Gasteiger partial charge in [0, 0.05) is 10.8 Å². The highest BCUT2D eigenvalue weighted by Gasteiger charge is 2.83. The van der Waals surface area contributed by atoms with Crippen LogP contribution >= 0.6 is 0 Å². The number of hydrogen-bond acceptors (Lipinski definition) is 2. The molecule has 0 aromatic carbocycles. The van der Waals surface area contributed by atoms with E-state index in [1.54, 1.807) is 33.0 Å². The van der Waals surface area contributed by atoms with Crippen molar-refractivity contribution in [3.63, 3.8) is 0 Å². The van der Waals surface area contributed by atoms with Gasteiger partial charge in [-0.25, -0.2) is 9.18 Å². The second-order valence-electron chi connectivity index (χ2n) is 4.73. The Morgan fingerprint density at radius 2 is 1.50 bits per heavy atom. The molecule has 1 rings (SSSR count). The molecule has 1 saturated carbocycles. The third-order valence-electron chi connectivity index (χ3n) is 3.77. The van der Waals surface area contributed by atoms with E-state index in [1.165, 1.54) is 0 Å². The maximum absolute atomic E-state index is 14.2. The van der Waals surface area contributed by atoms with Crippen molar-refractivity contribution in [3.8, 4) is 0 Å². The summed E-state index contributed by atoms with van der Waals surface area (Å²) in [6, 6.07) is -1.02. The smallest absolute Gasteiger partial charge is 0.318 e. The number of carbonyl (C=O) groups excluding carboxylic acids is 2. The number of rotatable bonds is 1. The fraction of sp³-hybridized carbons (Fsp3) is 0.778. The van der Waals surface area contributed by atoms with Gasteiger partial charge in [-0.3, -0.25) is 10.1 Å². The predicted molar refractivity (Wildman–Crippen MR) is 49.1 cm³/mol. The molecule has 5 heteroatoms. The van der Waals surface area contributed by atoms with Gasteiger partial charge in [-0.15, -0.1) is 0 Å². The lowest BCUT2D eigenvalue weighted by molar-refractivity contribution is -0.128. The monoisotopic (exact) mass is 202 g/mol. The fourth-order valence-electron chi connectivity index (χ4n) is 2.01. The van der Waals surface area contributed by atoms with Gasteiger partial charge in [0.05, 0.1) is 0 Å². The number of primary amides is 1. The molecule has 0 saturated heterocycles. The molecule has 3 amide bonds. The summed E-state index contributed by atoms with van der Waals surface area (Å²) in [5.41, 5.74) is 1.18. The third kappa shape index (κ3) is 0.923. The SMILES string of the molecule is CC1(C)C(C)(C)C1(F)C(=O)NC(N)=O. The number of carbonyl (C=O) groups is 2. The molecule has 14 heavy (non-hydrogen) atoms. The standard InChI is InChI=1S/C9H15FN2O2/c1-7(2)8(3,4)9(7,10)5(13)12-6(11)14/h1-4H3,(H3,11,12,13,14). The van der Waals surface area contributed by atoms with Crippen molar-refractivity contribution in [1.29, 1.82) is 0 Å². The highest BCUT2D eigenvalue weighted by atomic mass is 19.1. The molecular formula is C9H15FN2O2. The van der Waals surface area contributed by atoms with E-state index in [0.29, 0.717) is 0 Å². The Balaban J connectivity index is 2.91. The Bertz CT molecular complexity index is 296. The van der Waals surface area contributed by atoms with Crippen LogP contribution in [0.5, 0.6) is 0 Å². The average molecular weight is 202 g/mol. The predicted octanol–water partition coefficient (Wildman–Crippen LogP) is 0.956. The van der Waals surface area contributed by atoms with Crippen LogP contribution in [0.2, 0.25) is 0 Å². The second-order valence-corrected chi connectivity index (χ2v) is 4.73. The molecule has 0 heterocycles. The minimum atomic E-state index is -2.02. The highest BCUT2D eigenvalue weighted by Crippen LogP contribution is 2.73. The van der Waals surface area contributed by atoms with E-state index in [-0.39, 0.29) is 0 Å². The van der Waals surface area contributed by atoms with Crippen LogP contribution in [-0.2, 0) is 4.79 Å². The van der Waals surface area contributed by atoms with Crippen molar-refractivity contribution in [1.82, 2.24) is 5.32 Å². The Morgan fingerprint density at radius 1 is 1.14 bits per heavy atom. The van der Waals surface area contributed by atoms with Crippen LogP contribution in [0, 0.1) is 10.8 Å². The molecule has 1 aliphatic carbocycles. The summed E-state index contributed by atoms with van der Waals surface area (Å²) in [6.45, 7) is 6.59. The second kappa shape index (κ2) is 2.46. The molecule has 0 radical (unpaired) electrons. The van der Waals surface area contributed by atoms with Crippen molar-refractivity contribution < 1.29 is 14.0 Å². The number of alkyl halides is 1. The molecule has 4 nitrogen and oxygen atoms in total. The van der Waals surface area contributed by atoms with Crippen LogP contribution in [0.15, 0.2) is 0 Å². The molecule has 0 aromatic rings. The lowest BCUT2D eigenvalue weighted by Gasteiger charge is -2.09. The topological polar surface area (TPSA) is 72.2 Å². The zero-order valence-electron chi connectivity index (χ0n) is 8.77. The van der Waals surface area contributed by atoms with Gasteiger partial charge in [-0.1, -0.05) is 27.7 Å². The van der Waals surface area contributed by atoms with Crippen LogP contribution < -0.4 is 11.1 Å². The molecule has 80 valence electrons. The van der Waals surface area contributed by atoms with Crippen LogP contribution in [0.1, 0.15) is 27.7 Å². The lowest BCUT2D eigenvalue weighted by atomic mass is 10.0. The van der Waals surface area contributed by atoms with Gasteiger partial charge in [-0.05, 0) is 0 Å². The number of imide groups is 1. The van der Waals surface area contributed by atoms with E-state index in [2.05, 4.69) is 0 Å². The first-order valence-corrected chi connectivity index (χ1v) is 4.39. The molecule has 1 aliphatic rings. The lowest BCUT2D eigenvalue weighted by Crippen LogP contribution is -2.44. The molecule has 0 unspecified atom stereocenters. The van der Waals surface area contributed by atoms with Gasteiger partial charge in [0.1, 0.15) is 0 Å². The van der Waals surface area contributed by atoms with Gasteiger partial charge in [0.15, 0.2) is 5.67 Å². The molecule has 0 aromatic heterocycles. The van der Waals surface area contributed by atoms with Gasteiger partial charge in [0.2, 0.25) is 0 Å². The zero-order valence-corrected chi connectivity index (χ0v) is 8.77. The van der Waals surface area contributed by atoms with E-state index in [9.17, 15) is 14.0 Å². The van der Waals surface area contributed by atoms with Crippen molar-refractivity contribution in [2.75, 3.05) is 0 Å². The Kier molecular flexibility index (Phi) is 1.92. The Labute approximate surface area is 82.0 Å². The number of nitrogens with two attached hydrogens (primary N) is 1. The largest absolute Gasteiger partial charge is 0.351 e. The Morgan fingerprint density at radius 3 is 1.71 bits per heavy atom. The first kappa shape index (κ1) is 10.9. The molecule has 3 N–H and O–H groups in total. The van der Waals surface area contributed by atoms with Crippen LogP contribution in [-0.4, -0.2) is 17.6 Å².